The van der Waals surface area contributed by atoms with Crippen molar-refractivity contribution in [1.82, 2.24) is 4.57 Å². The van der Waals surface area contributed by atoms with Gasteiger partial charge in [-0.3, -0.25) is 0 Å². The van der Waals surface area contributed by atoms with E-state index in [9.17, 15) is 0 Å². The minimum atomic E-state index is -0.0839. The predicted octanol–water partition coefficient (Wildman–Crippen LogP) is 9.09. The van der Waals surface area contributed by atoms with Crippen molar-refractivity contribution in [2.45, 2.75) is 33.1 Å². The van der Waals surface area contributed by atoms with Crippen LogP contribution in [-0.4, -0.2) is 11.8 Å². The van der Waals surface area contributed by atoms with E-state index in [1.54, 1.807) is 0 Å². The number of aromatic nitrogens is 1. The first-order valence-corrected chi connectivity index (χ1v) is 15.5. The zero-order valence-electron chi connectivity index (χ0n) is 25.5. The van der Waals surface area contributed by atoms with Gasteiger partial charge in [0.1, 0.15) is 0 Å². The summed E-state index contributed by atoms with van der Waals surface area (Å²) in [7, 11) is 2.41. The fraction of sp³-hybridized carbons (Fsp3) is 0.122. The van der Waals surface area contributed by atoms with Gasteiger partial charge < -0.3 is 9.88 Å². The first kappa shape index (κ1) is 25.5. The van der Waals surface area contributed by atoms with Crippen LogP contribution in [0.1, 0.15) is 36.1 Å². The maximum absolute atomic E-state index is 3.99. The van der Waals surface area contributed by atoms with Gasteiger partial charge in [0.05, 0.1) is 11.2 Å². The normalized spacial score (nSPS) is 13.8. The van der Waals surface area contributed by atoms with Crippen LogP contribution in [0, 0.1) is 13.8 Å². The lowest BCUT2D eigenvalue weighted by Crippen LogP contribution is -2.37. The lowest BCUT2D eigenvalue weighted by molar-refractivity contribution is 0.660. The van der Waals surface area contributed by atoms with E-state index in [2.05, 4.69) is 160 Å². The van der Waals surface area contributed by atoms with E-state index in [1.807, 2.05) is 0 Å². The van der Waals surface area contributed by atoms with E-state index in [0.717, 1.165) is 5.69 Å². The number of para-hydroxylation sites is 3. The van der Waals surface area contributed by atoms with Crippen molar-refractivity contribution in [2.24, 2.45) is 0 Å². The highest BCUT2D eigenvalue weighted by Crippen LogP contribution is 2.54. The number of anilines is 2. The summed E-state index contributed by atoms with van der Waals surface area (Å²) in [6.07, 6.45) is 0. The molecular weight excluding hydrogens is 531 g/mol. The van der Waals surface area contributed by atoms with Crippen LogP contribution in [0.25, 0.3) is 49.7 Å². The Hall–Kier alpha value is -5.02. The molecule has 1 aliphatic carbocycles. The molecule has 0 bridgehead atoms. The molecule has 0 atom stereocenters. The van der Waals surface area contributed by atoms with Crippen LogP contribution in [0.15, 0.2) is 115 Å². The van der Waals surface area contributed by atoms with Crippen LogP contribution in [0.2, 0.25) is 0 Å². The standard InChI is InChI=1S/C41H32BN2/c1-24-22-30(38-36(23-24)44-35-19-10-7-13-26(35)28-15-11-17-33(42-38)40(28)44)27-20-21-32-37(29-14-6-8-16-31(29)41(32,3)4)39(27)43-34-18-9-5-12-25(34)2/h5-23,43H,1-4H3. The van der Waals surface area contributed by atoms with Crippen LogP contribution in [0.4, 0.5) is 11.4 Å². The Morgan fingerprint density at radius 2 is 1.43 bits per heavy atom. The second-order valence-corrected chi connectivity index (χ2v) is 13.0. The summed E-state index contributed by atoms with van der Waals surface area (Å²) in [4.78, 5) is 0. The number of fused-ring (bicyclic) bond motifs is 8. The van der Waals surface area contributed by atoms with E-state index >= 15 is 0 Å². The van der Waals surface area contributed by atoms with Crippen molar-refractivity contribution >= 4 is 51.4 Å². The minimum Gasteiger partial charge on any atom is -0.354 e. The number of nitrogens with one attached hydrogen (secondary N) is 1. The van der Waals surface area contributed by atoms with Gasteiger partial charge in [0.25, 0.3) is 0 Å². The van der Waals surface area contributed by atoms with E-state index in [-0.39, 0.29) is 5.41 Å². The molecule has 3 heteroatoms. The van der Waals surface area contributed by atoms with Gasteiger partial charge in [0.15, 0.2) is 7.28 Å². The number of rotatable bonds is 3. The molecule has 44 heavy (non-hydrogen) atoms. The number of benzene rings is 6. The molecular formula is C41H32BN2. The molecule has 0 spiro atoms. The Morgan fingerprint density at radius 1 is 0.659 bits per heavy atom. The van der Waals surface area contributed by atoms with E-state index in [4.69, 9.17) is 0 Å². The largest absolute Gasteiger partial charge is 0.354 e. The monoisotopic (exact) mass is 563 g/mol. The predicted molar refractivity (Wildman–Crippen MR) is 188 cm³/mol. The molecule has 2 aliphatic rings. The van der Waals surface area contributed by atoms with Crippen molar-refractivity contribution in [3.8, 4) is 27.9 Å². The molecule has 9 rings (SSSR count). The van der Waals surface area contributed by atoms with Gasteiger partial charge in [0.2, 0.25) is 0 Å². The maximum atomic E-state index is 3.99. The molecule has 0 saturated heterocycles. The first-order chi connectivity index (χ1) is 21.4. The number of hydrogen-bond donors (Lipinski definition) is 1. The highest BCUT2D eigenvalue weighted by molar-refractivity contribution is 6.73. The van der Waals surface area contributed by atoms with Gasteiger partial charge in [-0.05, 0) is 70.9 Å². The Morgan fingerprint density at radius 3 is 2.32 bits per heavy atom. The van der Waals surface area contributed by atoms with Crippen molar-refractivity contribution in [3.05, 3.63) is 138 Å². The second-order valence-electron chi connectivity index (χ2n) is 13.0. The molecule has 1 aliphatic heterocycles. The molecule has 0 saturated carbocycles. The Bertz CT molecular complexity index is 2340. The lowest BCUT2D eigenvalue weighted by atomic mass is 9.59. The molecule has 0 fully saturated rings. The molecule has 0 unspecified atom stereocenters. The average Bonchev–Trinajstić information content (AvgIpc) is 3.49. The molecule has 7 aromatic rings. The van der Waals surface area contributed by atoms with Crippen molar-refractivity contribution < 1.29 is 0 Å². The van der Waals surface area contributed by atoms with E-state index in [0.29, 0.717) is 0 Å². The van der Waals surface area contributed by atoms with Crippen molar-refractivity contribution in [2.75, 3.05) is 5.32 Å². The summed E-state index contributed by atoms with van der Waals surface area (Å²) >= 11 is 0. The van der Waals surface area contributed by atoms with Crippen molar-refractivity contribution in [3.63, 3.8) is 0 Å². The van der Waals surface area contributed by atoms with Crippen LogP contribution in [0.3, 0.4) is 0 Å². The molecule has 209 valence electrons. The molecule has 1 radical (unpaired) electrons. The zero-order valence-corrected chi connectivity index (χ0v) is 25.5. The molecule has 0 amide bonds. The topological polar surface area (TPSA) is 17.0 Å². The van der Waals surface area contributed by atoms with Gasteiger partial charge in [-0.25, -0.2) is 0 Å². The fourth-order valence-electron chi connectivity index (χ4n) is 7.90. The third-order valence-electron chi connectivity index (χ3n) is 10.0. The third kappa shape index (κ3) is 3.38. The fourth-order valence-corrected chi connectivity index (χ4v) is 7.90. The summed E-state index contributed by atoms with van der Waals surface area (Å²) < 4.78 is 2.49. The molecule has 1 N–H and O–H groups in total. The highest BCUT2D eigenvalue weighted by Gasteiger charge is 2.38. The molecule has 1 aromatic heterocycles. The minimum absolute atomic E-state index is 0.0839. The Balaban J connectivity index is 1.37. The van der Waals surface area contributed by atoms with Gasteiger partial charge in [-0.2, -0.15) is 0 Å². The van der Waals surface area contributed by atoms with E-state index in [1.165, 1.54) is 88.6 Å². The van der Waals surface area contributed by atoms with Crippen LogP contribution < -0.4 is 16.2 Å². The maximum Gasteiger partial charge on any atom is 0.197 e. The summed E-state index contributed by atoms with van der Waals surface area (Å²) in [6.45, 7) is 9.13. The SMILES string of the molecule is Cc1cc(-c2ccc3c(c2Nc2ccccc2C)-c2ccccc2C3(C)C)c2c(c1)-n1c3ccccc3c3cccc(c31)[B]2. The average molecular weight is 564 g/mol. The zero-order chi connectivity index (χ0) is 29.7. The van der Waals surface area contributed by atoms with Gasteiger partial charge >= 0.3 is 0 Å². The summed E-state index contributed by atoms with van der Waals surface area (Å²) in [6, 6.07) is 42.6. The lowest BCUT2D eigenvalue weighted by Gasteiger charge is -2.27. The number of nitrogens with zero attached hydrogens (tertiary/aromatic N) is 1. The molecule has 2 nitrogen and oxygen atoms in total. The number of hydrogen-bond acceptors (Lipinski definition) is 1. The van der Waals surface area contributed by atoms with Crippen LogP contribution >= 0.6 is 0 Å². The molecule has 2 heterocycles. The first-order valence-electron chi connectivity index (χ1n) is 15.5. The van der Waals surface area contributed by atoms with Gasteiger partial charge in [-0.1, -0.05) is 116 Å². The summed E-state index contributed by atoms with van der Waals surface area (Å²) in [5, 5.41) is 6.59. The molecule has 6 aromatic carbocycles. The number of aryl methyl sites for hydroxylation is 2. The smallest absolute Gasteiger partial charge is 0.197 e. The Kier molecular flexibility index (Phi) is 5.21. The van der Waals surface area contributed by atoms with Crippen LogP contribution in [-0.2, 0) is 5.41 Å². The highest BCUT2D eigenvalue weighted by atomic mass is 15.0. The summed E-state index contributed by atoms with van der Waals surface area (Å²) in [5.74, 6) is 0. The van der Waals surface area contributed by atoms with Crippen molar-refractivity contribution in [1.29, 1.82) is 0 Å². The second kappa shape index (κ2) is 9.00. The van der Waals surface area contributed by atoms with Gasteiger partial charge in [0, 0.05) is 44.2 Å². The third-order valence-corrected chi connectivity index (χ3v) is 10.0. The van der Waals surface area contributed by atoms with Crippen LogP contribution in [0.5, 0.6) is 0 Å². The van der Waals surface area contributed by atoms with Gasteiger partial charge in [-0.15, -0.1) is 0 Å². The van der Waals surface area contributed by atoms with E-state index < -0.39 is 0 Å². The Labute approximate surface area is 259 Å². The summed E-state index contributed by atoms with van der Waals surface area (Å²) in [5.41, 5.74) is 18.9. The quantitative estimate of drug-likeness (QED) is 0.212.